The van der Waals surface area contributed by atoms with Crippen LogP contribution >= 0.6 is 11.8 Å². The first-order valence-corrected chi connectivity index (χ1v) is 6.30. The zero-order valence-corrected chi connectivity index (χ0v) is 9.87. The molecule has 0 aliphatic heterocycles. The summed E-state index contributed by atoms with van der Waals surface area (Å²) in [6.07, 6.45) is 3.48. The van der Waals surface area contributed by atoms with Crippen molar-refractivity contribution in [2.45, 2.75) is 30.1 Å². The Bertz CT molecular complexity index is 458. The maximum absolute atomic E-state index is 11.0. The maximum atomic E-state index is 11.0. The summed E-state index contributed by atoms with van der Waals surface area (Å²) in [5.41, 5.74) is -0.232. The molecule has 92 valence electrons. The summed E-state index contributed by atoms with van der Waals surface area (Å²) in [5.74, 6) is -0.527. The Balaban J connectivity index is 1.89. The fourth-order valence-electron chi connectivity index (χ4n) is 1.31. The number of rotatable bonds is 6. The normalized spacial score (nSPS) is 16.7. The van der Waals surface area contributed by atoms with E-state index < -0.39 is 12.0 Å². The van der Waals surface area contributed by atoms with Crippen molar-refractivity contribution >= 4 is 17.7 Å². The predicted molar refractivity (Wildman–Crippen MR) is 63.2 cm³/mol. The molecule has 3 N–H and O–H groups in total. The number of carboxylic acid groups (broad SMARTS) is 1. The lowest BCUT2D eigenvalue weighted by molar-refractivity contribution is -0.138. The number of thioether (sulfide) groups is 1. The van der Waals surface area contributed by atoms with Crippen LogP contribution in [0.4, 0.5) is 0 Å². The van der Waals surface area contributed by atoms with Crippen LogP contribution in [0.2, 0.25) is 0 Å². The predicted octanol–water partition coefficient (Wildman–Crippen LogP) is 0.0672. The average Bonchev–Trinajstić information content (AvgIpc) is 3.07. The molecule has 1 aromatic heterocycles. The molecule has 0 bridgehead atoms. The molecule has 1 heterocycles. The highest BCUT2D eigenvalue weighted by atomic mass is 32.2. The molecule has 0 aromatic carbocycles. The first-order chi connectivity index (χ1) is 8.15. The standard InChI is InChI=1S/C10H13N3O3S/c14-8-3-4-11-10(13-8)17-5-7(9(15)16)12-6-1-2-6/h3-4,6-7,12H,1-2,5H2,(H,15,16)(H,11,13,14). The van der Waals surface area contributed by atoms with E-state index in [9.17, 15) is 9.59 Å². The number of nitrogens with zero attached hydrogens (tertiary/aromatic N) is 1. The number of aromatic nitrogens is 2. The third kappa shape index (κ3) is 3.86. The minimum atomic E-state index is -0.873. The summed E-state index contributed by atoms with van der Waals surface area (Å²) in [5, 5.41) is 12.5. The molecule has 1 saturated carbocycles. The van der Waals surface area contributed by atoms with E-state index in [-0.39, 0.29) is 5.56 Å². The third-order valence-electron chi connectivity index (χ3n) is 2.35. The highest BCUT2D eigenvalue weighted by Crippen LogP contribution is 2.21. The minimum Gasteiger partial charge on any atom is -0.480 e. The second kappa shape index (κ2) is 5.33. The number of aliphatic carboxylic acids is 1. The first-order valence-electron chi connectivity index (χ1n) is 5.32. The zero-order chi connectivity index (χ0) is 12.3. The van der Waals surface area contributed by atoms with Gasteiger partial charge in [-0.15, -0.1) is 0 Å². The number of nitrogens with one attached hydrogen (secondary N) is 2. The number of carboxylic acids is 1. The van der Waals surface area contributed by atoms with Gasteiger partial charge in [0.05, 0.1) is 0 Å². The van der Waals surface area contributed by atoms with Crippen molar-refractivity contribution in [3.05, 3.63) is 22.6 Å². The van der Waals surface area contributed by atoms with Crippen LogP contribution in [0.1, 0.15) is 12.8 Å². The number of hydrogen-bond donors (Lipinski definition) is 3. The Labute approximate surface area is 102 Å². The van der Waals surface area contributed by atoms with Crippen molar-refractivity contribution in [3.63, 3.8) is 0 Å². The van der Waals surface area contributed by atoms with Gasteiger partial charge in [0, 0.05) is 24.1 Å². The SMILES string of the molecule is O=C(O)C(CSc1nccc(=O)[nH]1)NC1CC1. The summed E-state index contributed by atoms with van der Waals surface area (Å²) in [4.78, 5) is 28.5. The molecule has 0 saturated heterocycles. The van der Waals surface area contributed by atoms with E-state index in [4.69, 9.17) is 5.11 Å². The second-order valence-corrected chi connectivity index (χ2v) is 4.89. The van der Waals surface area contributed by atoms with Crippen molar-refractivity contribution in [1.82, 2.24) is 15.3 Å². The molecule has 0 spiro atoms. The van der Waals surface area contributed by atoms with Crippen LogP contribution in [-0.2, 0) is 4.79 Å². The molecule has 1 aromatic rings. The average molecular weight is 255 g/mol. The third-order valence-corrected chi connectivity index (χ3v) is 3.33. The molecule has 1 unspecified atom stereocenters. The van der Waals surface area contributed by atoms with E-state index in [0.29, 0.717) is 17.0 Å². The molecule has 0 radical (unpaired) electrons. The first kappa shape index (κ1) is 12.1. The van der Waals surface area contributed by atoms with E-state index in [1.54, 1.807) is 0 Å². The summed E-state index contributed by atoms with van der Waals surface area (Å²) in [6, 6.07) is 1.05. The van der Waals surface area contributed by atoms with Crippen LogP contribution in [-0.4, -0.2) is 38.9 Å². The number of aromatic amines is 1. The van der Waals surface area contributed by atoms with Crippen LogP contribution in [0, 0.1) is 0 Å². The lowest BCUT2D eigenvalue weighted by Gasteiger charge is -2.12. The molecule has 1 aliphatic carbocycles. The van der Waals surface area contributed by atoms with Gasteiger partial charge in [-0.2, -0.15) is 0 Å². The van der Waals surface area contributed by atoms with Gasteiger partial charge >= 0.3 is 5.97 Å². The molecule has 1 atom stereocenters. The van der Waals surface area contributed by atoms with Gasteiger partial charge in [-0.25, -0.2) is 4.98 Å². The smallest absolute Gasteiger partial charge is 0.321 e. The Morgan fingerprint density at radius 2 is 2.47 bits per heavy atom. The zero-order valence-electron chi connectivity index (χ0n) is 9.05. The summed E-state index contributed by atoms with van der Waals surface area (Å²) in [7, 11) is 0. The Hall–Kier alpha value is -1.34. The van der Waals surface area contributed by atoms with Crippen molar-refractivity contribution < 1.29 is 9.90 Å². The fourth-order valence-corrected chi connectivity index (χ4v) is 2.18. The molecule has 2 rings (SSSR count). The molecular weight excluding hydrogens is 242 g/mol. The van der Waals surface area contributed by atoms with Gasteiger partial charge in [0.2, 0.25) is 0 Å². The summed E-state index contributed by atoms with van der Waals surface area (Å²) >= 11 is 1.23. The van der Waals surface area contributed by atoms with E-state index >= 15 is 0 Å². The fraction of sp³-hybridized carbons (Fsp3) is 0.500. The van der Waals surface area contributed by atoms with Crippen LogP contribution in [0.5, 0.6) is 0 Å². The van der Waals surface area contributed by atoms with Crippen LogP contribution in [0.25, 0.3) is 0 Å². The van der Waals surface area contributed by atoms with E-state index in [1.807, 2.05) is 0 Å². The lowest BCUT2D eigenvalue weighted by atomic mass is 10.3. The number of H-pyrrole nitrogens is 1. The largest absolute Gasteiger partial charge is 0.480 e. The molecule has 7 heteroatoms. The Morgan fingerprint density at radius 1 is 1.71 bits per heavy atom. The van der Waals surface area contributed by atoms with E-state index in [1.165, 1.54) is 24.0 Å². The quantitative estimate of drug-likeness (QED) is 0.492. The highest BCUT2D eigenvalue weighted by molar-refractivity contribution is 7.99. The maximum Gasteiger partial charge on any atom is 0.321 e. The second-order valence-electron chi connectivity index (χ2n) is 3.88. The van der Waals surface area contributed by atoms with Gasteiger partial charge < -0.3 is 15.4 Å². The van der Waals surface area contributed by atoms with Gasteiger partial charge in [0.15, 0.2) is 5.16 Å². The van der Waals surface area contributed by atoms with Gasteiger partial charge in [-0.05, 0) is 12.8 Å². The number of hydrogen-bond acceptors (Lipinski definition) is 5. The molecule has 0 amide bonds. The molecule has 17 heavy (non-hydrogen) atoms. The van der Waals surface area contributed by atoms with E-state index in [2.05, 4.69) is 15.3 Å². The monoisotopic (exact) mass is 255 g/mol. The van der Waals surface area contributed by atoms with Gasteiger partial charge in [0.25, 0.3) is 5.56 Å². The Kier molecular flexibility index (Phi) is 3.80. The molecule has 1 fully saturated rings. The topological polar surface area (TPSA) is 95.1 Å². The molecule has 1 aliphatic rings. The highest BCUT2D eigenvalue weighted by Gasteiger charge is 2.28. The van der Waals surface area contributed by atoms with Gasteiger partial charge in [-0.3, -0.25) is 9.59 Å². The molecule has 6 nitrogen and oxygen atoms in total. The lowest BCUT2D eigenvalue weighted by Crippen LogP contribution is -2.40. The van der Waals surface area contributed by atoms with Crippen LogP contribution < -0.4 is 10.9 Å². The van der Waals surface area contributed by atoms with E-state index in [0.717, 1.165) is 12.8 Å². The van der Waals surface area contributed by atoms with Gasteiger partial charge in [-0.1, -0.05) is 11.8 Å². The molecular formula is C10H13N3O3S. The van der Waals surface area contributed by atoms with Crippen molar-refractivity contribution in [2.24, 2.45) is 0 Å². The Morgan fingerprint density at radius 3 is 3.06 bits per heavy atom. The minimum absolute atomic E-state index is 0.232. The van der Waals surface area contributed by atoms with Crippen LogP contribution in [0.3, 0.4) is 0 Å². The van der Waals surface area contributed by atoms with Crippen molar-refractivity contribution in [1.29, 1.82) is 0 Å². The van der Waals surface area contributed by atoms with Gasteiger partial charge in [0.1, 0.15) is 6.04 Å². The summed E-state index contributed by atoms with van der Waals surface area (Å²) in [6.45, 7) is 0. The van der Waals surface area contributed by atoms with Crippen molar-refractivity contribution in [3.8, 4) is 0 Å². The van der Waals surface area contributed by atoms with Crippen LogP contribution in [0.15, 0.2) is 22.2 Å². The summed E-state index contributed by atoms with van der Waals surface area (Å²) < 4.78 is 0. The van der Waals surface area contributed by atoms with Crippen molar-refractivity contribution in [2.75, 3.05) is 5.75 Å². The number of carbonyl (C=O) groups is 1.